The van der Waals surface area contributed by atoms with Gasteiger partial charge in [0.2, 0.25) is 5.76 Å². The van der Waals surface area contributed by atoms with E-state index in [4.69, 9.17) is 4.42 Å². The van der Waals surface area contributed by atoms with E-state index in [-0.39, 0.29) is 11.7 Å². The molecule has 0 bridgehead atoms. The number of nitrogens with one attached hydrogen (secondary N) is 1. The molecule has 0 radical (unpaired) electrons. The number of rotatable bonds is 2. The maximum atomic E-state index is 11.3. The van der Waals surface area contributed by atoms with Gasteiger partial charge in [0.1, 0.15) is 0 Å². The number of hydrogen-bond acceptors (Lipinski definition) is 3. The molecular formula is C8H10N2O2. The molecule has 1 aromatic heterocycles. The third kappa shape index (κ3) is 1.32. The van der Waals surface area contributed by atoms with Crippen molar-refractivity contribution in [2.24, 2.45) is 5.92 Å². The predicted octanol–water partition coefficient (Wildman–Crippen LogP) is 0.813. The first-order valence-corrected chi connectivity index (χ1v) is 3.96. The number of carbonyl (C=O) groups is 1. The Morgan fingerprint density at radius 1 is 1.83 bits per heavy atom. The zero-order chi connectivity index (χ0) is 8.55. The Morgan fingerprint density at radius 3 is 3.08 bits per heavy atom. The third-order valence-electron chi connectivity index (χ3n) is 2.08. The second-order valence-corrected chi connectivity index (χ2v) is 3.16. The number of nitrogens with zero attached hydrogens (tertiary/aromatic N) is 1. The minimum Gasteiger partial charge on any atom is -0.438 e. The van der Waals surface area contributed by atoms with Gasteiger partial charge in [0, 0.05) is 6.04 Å². The van der Waals surface area contributed by atoms with Crippen molar-refractivity contribution in [1.82, 2.24) is 10.3 Å². The van der Waals surface area contributed by atoms with Crippen LogP contribution in [0.5, 0.6) is 0 Å². The van der Waals surface area contributed by atoms with Crippen LogP contribution in [-0.2, 0) is 0 Å². The Labute approximate surface area is 70.0 Å². The number of carbonyl (C=O) groups excluding carboxylic acids is 1. The molecule has 1 aliphatic rings. The number of oxazole rings is 1. The summed E-state index contributed by atoms with van der Waals surface area (Å²) in [5.74, 6) is 0.729. The SMILES string of the molecule is C[C@@H]1C[C@H]1NC(=O)c1cnco1. The summed E-state index contributed by atoms with van der Waals surface area (Å²) in [5.41, 5.74) is 0. The Kier molecular flexibility index (Phi) is 1.60. The van der Waals surface area contributed by atoms with Crippen molar-refractivity contribution in [3.8, 4) is 0 Å². The molecule has 1 heterocycles. The van der Waals surface area contributed by atoms with Crippen LogP contribution in [-0.4, -0.2) is 16.9 Å². The van der Waals surface area contributed by atoms with Gasteiger partial charge in [-0.25, -0.2) is 4.98 Å². The van der Waals surface area contributed by atoms with Crippen LogP contribution in [0.4, 0.5) is 0 Å². The smallest absolute Gasteiger partial charge is 0.288 e. The van der Waals surface area contributed by atoms with E-state index in [0.29, 0.717) is 12.0 Å². The van der Waals surface area contributed by atoms with Crippen molar-refractivity contribution >= 4 is 5.91 Å². The lowest BCUT2D eigenvalue weighted by molar-refractivity contribution is 0.0921. The minimum atomic E-state index is -0.165. The number of aromatic nitrogens is 1. The van der Waals surface area contributed by atoms with Gasteiger partial charge in [-0.05, 0) is 12.3 Å². The van der Waals surface area contributed by atoms with E-state index in [0.717, 1.165) is 6.42 Å². The minimum absolute atomic E-state index is 0.165. The molecule has 2 atom stereocenters. The standard InChI is InChI=1S/C8H10N2O2/c1-5-2-6(5)10-8(11)7-3-9-4-12-7/h3-6H,2H2,1H3,(H,10,11)/t5-,6-/m1/s1. The lowest BCUT2D eigenvalue weighted by atomic mass is 10.4. The largest absolute Gasteiger partial charge is 0.438 e. The molecule has 0 aliphatic heterocycles. The summed E-state index contributed by atoms with van der Waals surface area (Å²) >= 11 is 0. The van der Waals surface area contributed by atoms with E-state index >= 15 is 0 Å². The molecule has 2 rings (SSSR count). The average molecular weight is 166 g/mol. The zero-order valence-corrected chi connectivity index (χ0v) is 6.78. The molecule has 0 aromatic carbocycles. The Morgan fingerprint density at radius 2 is 2.58 bits per heavy atom. The predicted molar refractivity (Wildman–Crippen MR) is 41.5 cm³/mol. The highest BCUT2D eigenvalue weighted by atomic mass is 16.3. The highest BCUT2D eigenvalue weighted by molar-refractivity contribution is 5.91. The lowest BCUT2D eigenvalue weighted by Crippen LogP contribution is -2.25. The van der Waals surface area contributed by atoms with Crippen LogP contribution in [0, 0.1) is 5.92 Å². The summed E-state index contributed by atoms with van der Waals surface area (Å²) < 4.78 is 4.84. The molecular weight excluding hydrogens is 156 g/mol. The van der Waals surface area contributed by atoms with E-state index in [1.54, 1.807) is 0 Å². The fourth-order valence-electron chi connectivity index (χ4n) is 1.09. The van der Waals surface area contributed by atoms with Crippen LogP contribution in [0.3, 0.4) is 0 Å². The molecule has 4 heteroatoms. The van der Waals surface area contributed by atoms with Gasteiger partial charge < -0.3 is 9.73 Å². The second-order valence-electron chi connectivity index (χ2n) is 3.16. The van der Waals surface area contributed by atoms with Crippen LogP contribution in [0.15, 0.2) is 17.0 Å². The molecule has 4 nitrogen and oxygen atoms in total. The van der Waals surface area contributed by atoms with E-state index in [1.165, 1.54) is 12.6 Å². The molecule has 12 heavy (non-hydrogen) atoms. The quantitative estimate of drug-likeness (QED) is 0.707. The summed E-state index contributed by atoms with van der Waals surface area (Å²) in [6.07, 6.45) is 3.74. The first kappa shape index (κ1) is 7.34. The van der Waals surface area contributed by atoms with Crippen LogP contribution in [0.25, 0.3) is 0 Å². The normalized spacial score (nSPS) is 26.8. The molecule has 1 fully saturated rings. The fraction of sp³-hybridized carbons (Fsp3) is 0.500. The topological polar surface area (TPSA) is 55.1 Å². The van der Waals surface area contributed by atoms with Gasteiger partial charge in [-0.2, -0.15) is 0 Å². The Hall–Kier alpha value is -1.32. The van der Waals surface area contributed by atoms with Gasteiger partial charge in [-0.15, -0.1) is 0 Å². The molecule has 1 aliphatic carbocycles. The van der Waals surface area contributed by atoms with Gasteiger partial charge in [-0.1, -0.05) is 6.92 Å². The van der Waals surface area contributed by atoms with E-state index in [1.807, 2.05) is 0 Å². The highest BCUT2D eigenvalue weighted by Crippen LogP contribution is 2.29. The summed E-state index contributed by atoms with van der Waals surface area (Å²) in [5, 5.41) is 2.83. The van der Waals surface area contributed by atoms with Crippen LogP contribution < -0.4 is 5.32 Å². The van der Waals surface area contributed by atoms with E-state index in [2.05, 4.69) is 17.2 Å². The van der Waals surface area contributed by atoms with Crippen LogP contribution in [0.2, 0.25) is 0 Å². The number of amides is 1. The summed E-state index contributed by atoms with van der Waals surface area (Å²) in [6, 6.07) is 0.336. The third-order valence-corrected chi connectivity index (χ3v) is 2.08. The van der Waals surface area contributed by atoms with Crippen molar-refractivity contribution < 1.29 is 9.21 Å². The van der Waals surface area contributed by atoms with Gasteiger partial charge in [0.05, 0.1) is 6.20 Å². The molecule has 0 unspecified atom stereocenters. The molecule has 64 valence electrons. The first-order valence-electron chi connectivity index (χ1n) is 3.96. The Bertz CT molecular complexity index is 281. The summed E-state index contributed by atoms with van der Waals surface area (Å²) in [4.78, 5) is 14.9. The van der Waals surface area contributed by atoms with Crippen molar-refractivity contribution in [3.63, 3.8) is 0 Å². The number of hydrogen-bond donors (Lipinski definition) is 1. The van der Waals surface area contributed by atoms with Gasteiger partial charge in [-0.3, -0.25) is 4.79 Å². The molecule has 1 N–H and O–H groups in total. The van der Waals surface area contributed by atoms with Gasteiger partial charge in [0.25, 0.3) is 5.91 Å². The summed E-state index contributed by atoms with van der Waals surface area (Å²) in [6.45, 7) is 2.10. The second kappa shape index (κ2) is 2.62. The first-order chi connectivity index (χ1) is 5.77. The van der Waals surface area contributed by atoms with Gasteiger partial charge in [0.15, 0.2) is 6.39 Å². The Balaban J connectivity index is 1.93. The van der Waals surface area contributed by atoms with Crippen LogP contribution >= 0.6 is 0 Å². The zero-order valence-electron chi connectivity index (χ0n) is 6.78. The van der Waals surface area contributed by atoms with E-state index < -0.39 is 0 Å². The lowest BCUT2D eigenvalue weighted by Gasteiger charge is -1.98. The molecule has 0 spiro atoms. The van der Waals surface area contributed by atoms with Crippen LogP contribution in [0.1, 0.15) is 23.9 Å². The monoisotopic (exact) mass is 166 g/mol. The fourth-order valence-corrected chi connectivity index (χ4v) is 1.09. The highest BCUT2D eigenvalue weighted by Gasteiger charge is 2.34. The van der Waals surface area contributed by atoms with Crippen molar-refractivity contribution in [2.75, 3.05) is 0 Å². The maximum Gasteiger partial charge on any atom is 0.288 e. The molecule has 1 saturated carbocycles. The van der Waals surface area contributed by atoms with Crippen molar-refractivity contribution in [1.29, 1.82) is 0 Å². The molecule has 1 amide bonds. The van der Waals surface area contributed by atoms with Crippen molar-refractivity contribution in [3.05, 3.63) is 18.4 Å². The molecule has 1 aromatic rings. The average Bonchev–Trinajstić information content (AvgIpc) is 2.58. The van der Waals surface area contributed by atoms with Crippen molar-refractivity contribution in [2.45, 2.75) is 19.4 Å². The molecule has 0 saturated heterocycles. The van der Waals surface area contributed by atoms with E-state index in [9.17, 15) is 4.79 Å². The maximum absolute atomic E-state index is 11.3. The summed E-state index contributed by atoms with van der Waals surface area (Å²) in [7, 11) is 0. The van der Waals surface area contributed by atoms with Gasteiger partial charge >= 0.3 is 0 Å².